The Morgan fingerprint density at radius 2 is 1.57 bits per heavy atom. The predicted octanol–water partition coefficient (Wildman–Crippen LogP) is 5.80. The lowest BCUT2D eigenvalue weighted by atomic mass is 10.0. The van der Waals surface area contributed by atoms with E-state index in [0.717, 1.165) is 23.2 Å². The van der Waals surface area contributed by atoms with Crippen LogP contribution in [0.1, 0.15) is 26.2 Å². The van der Waals surface area contributed by atoms with E-state index in [0.29, 0.717) is 47.6 Å². The van der Waals surface area contributed by atoms with Crippen molar-refractivity contribution in [3.8, 4) is 28.4 Å². The third-order valence-electron chi connectivity index (χ3n) is 4.36. The van der Waals surface area contributed by atoms with Gasteiger partial charge in [0, 0.05) is 34.1 Å². The van der Waals surface area contributed by atoms with E-state index >= 15 is 0 Å². The van der Waals surface area contributed by atoms with Crippen LogP contribution in [0, 0.1) is 0 Å². The van der Waals surface area contributed by atoms with Crippen molar-refractivity contribution < 1.29 is 9.53 Å². The Labute approximate surface area is 186 Å². The van der Waals surface area contributed by atoms with Gasteiger partial charge in [-0.05, 0) is 37.1 Å². The molecule has 0 bridgehead atoms. The number of carbonyl (C=O) groups excluding carboxylic acids is 1. The Morgan fingerprint density at radius 1 is 0.967 bits per heavy atom. The molecule has 0 radical (unpaired) electrons. The monoisotopic (exact) mass is 443 g/mol. The van der Waals surface area contributed by atoms with Crippen LogP contribution in [0.2, 0.25) is 10.0 Å². The third kappa shape index (κ3) is 6.18. The van der Waals surface area contributed by atoms with E-state index in [-0.39, 0.29) is 5.91 Å². The van der Waals surface area contributed by atoms with Crippen molar-refractivity contribution in [1.29, 1.82) is 0 Å². The molecule has 1 heterocycles. The largest absolute Gasteiger partial charge is 0.476 e. The van der Waals surface area contributed by atoms with Crippen LogP contribution in [0.4, 0.5) is 0 Å². The molecular formula is C23H23Cl2N3O2. The number of hydrogen-bond donors (Lipinski definition) is 1. The van der Waals surface area contributed by atoms with Gasteiger partial charge in [0.15, 0.2) is 0 Å². The van der Waals surface area contributed by atoms with E-state index in [4.69, 9.17) is 27.9 Å². The number of halogens is 2. The highest BCUT2D eigenvalue weighted by Crippen LogP contribution is 2.31. The minimum atomic E-state index is 0.0645. The topological polar surface area (TPSA) is 64.1 Å². The zero-order chi connectivity index (χ0) is 21.3. The fourth-order valence-corrected chi connectivity index (χ4v) is 3.11. The molecule has 0 saturated heterocycles. The first-order valence-electron chi connectivity index (χ1n) is 9.85. The normalized spacial score (nSPS) is 10.6. The summed E-state index contributed by atoms with van der Waals surface area (Å²) in [5.41, 5.74) is 3.21. The molecule has 0 aliphatic carbocycles. The number of aromatic nitrogens is 2. The summed E-state index contributed by atoms with van der Waals surface area (Å²) in [5.74, 6) is 0.493. The number of hydrogen-bond acceptors (Lipinski definition) is 4. The number of benzene rings is 2. The minimum absolute atomic E-state index is 0.0645. The van der Waals surface area contributed by atoms with Crippen LogP contribution in [0.3, 0.4) is 0 Å². The second-order valence-corrected chi connectivity index (χ2v) is 7.59. The molecule has 3 rings (SSSR count). The maximum atomic E-state index is 11.5. The number of carbonyl (C=O) groups is 1. The third-order valence-corrected chi connectivity index (χ3v) is 4.86. The Balaban J connectivity index is 1.76. The smallest absolute Gasteiger partial charge is 0.232 e. The van der Waals surface area contributed by atoms with Gasteiger partial charge in [-0.3, -0.25) is 4.79 Å². The van der Waals surface area contributed by atoms with Crippen molar-refractivity contribution in [3.63, 3.8) is 0 Å². The van der Waals surface area contributed by atoms with Gasteiger partial charge in [0.2, 0.25) is 11.8 Å². The quantitative estimate of drug-likeness (QED) is 0.424. The number of rotatable bonds is 9. The lowest BCUT2D eigenvalue weighted by Gasteiger charge is -2.12. The molecule has 1 N–H and O–H groups in total. The lowest BCUT2D eigenvalue weighted by Crippen LogP contribution is -2.25. The summed E-state index contributed by atoms with van der Waals surface area (Å²) in [6.07, 6.45) is 3.68. The Kier molecular flexibility index (Phi) is 8.05. The predicted molar refractivity (Wildman–Crippen MR) is 121 cm³/mol. The van der Waals surface area contributed by atoms with Crippen LogP contribution in [0.5, 0.6) is 5.88 Å². The zero-order valence-electron chi connectivity index (χ0n) is 16.7. The summed E-state index contributed by atoms with van der Waals surface area (Å²) in [5, 5.41) is 4.18. The molecule has 0 aliphatic rings. The van der Waals surface area contributed by atoms with Gasteiger partial charge in [0.25, 0.3) is 0 Å². The summed E-state index contributed by atoms with van der Waals surface area (Å²) in [7, 11) is 0. The van der Waals surface area contributed by atoms with Crippen molar-refractivity contribution >= 4 is 29.1 Å². The lowest BCUT2D eigenvalue weighted by molar-refractivity contribution is -0.121. The van der Waals surface area contributed by atoms with Crippen LogP contribution in [0.25, 0.3) is 22.5 Å². The van der Waals surface area contributed by atoms with Gasteiger partial charge in [0.05, 0.1) is 18.5 Å². The Bertz CT molecular complexity index is 977. The molecule has 3 aromatic rings. The molecule has 1 aromatic heterocycles. The number of nitrogens with zero attached hydrogens (tertiary/aromatic N) is 2. The van der Waals surface area contributed by atoms with Gasteiger partial charge in [-0.15, -0.1) is 0 Å². The van der Waals surface area contributed by atoms with Gasteiger partial charge >= 0.3 is 0 Å². The van der Waals surface area contributed by atoms with Crippen LogP contribution in [0.15, 0.2) is 54.7 Å². The van der Waals surface area contributed by atoms with Crippen molar-refractivity contribution in [3.05, 3.63) is 64.8 Å². The molecule has 2 aromatic carbocycles. The summed E-state index contributed by atoms with van der Waals surface area (Å²) in [4.78, 5) is 20.8. The molecule has 0 fully saturated rings. The summed E-state index contributed by atoms with van der Waals surface area (Å²) in [6, 6.07) is 14.9. The van der Waals surface area contributed by atoms with Crippen molar-refractivity contribution in [2.24, 2.45) is 0 Å². The first-order valence-corrected chi connectivity index (χ1v) is 10.6. The van der Waals surface area contributed by atoms with Gasteiger partial charge in [-0.2, -0.15) is 0 Å². The van der Waals surface area contributed by atoms with Crippen molar-refractivity contribution in [2.75, 3.05) is 13.2 Å². The molecule has 0 saturated carbocycles. The minimum Gasteiger partial charge on any atom is -0.476 e. The van der Waals surface area contributed by atoms with E-state index in [1.54, 1.807) is 6.20 Å². The summed E-state index contributed by atoms with van der Waals surface area (Å²) < 4.78 is 5.77. The fourth-order valence-electron chi connectivity index (χ4n) is 2.86. The second kappa shape index (κ2) is 11.0. The molecular weight excluding hydrogens is 421 g/mol. The molecule has 1 amide bonds. The molecule has 0 atom stereocenters. The second-order valence-electron chi connectivity index (χ2n) is 6.72. The van der Waals surface area contributed by atoms with Gasteiger partial charge in [-0.1, -0.05) is 54.4 Å². The molecule has 156 valence electrons. The van der Waals surface area contributed by atoms with Crippen molar-refractivity contribution in [2.45, 2.75) is 26.2 Å². The SMILES string of the molecule is CCCC(=O)NCCCOc1cnc(-c2ccc(Cl)cc2)c(-c2ccc(Cl)cc2)n1. The van der Waals surface area contributed by atoms with Gasteiger partial charge in [-0.25, -0.2) is 9.97 Å². The maximum absolute atomic E-state index is 11.5. The van der Waals surface area contributed by atoms with Gasteiger partial charge in [0.1, 0.15) is 5.69 Å². The van der Waals surface area contributed by atoms with E-state index in [1.165, 1.54) is 0 Å². The van der Waals surface area contributed by atoms with E-state index < -0.39 is 0 Å². The first-order chi connectivity index (χ1) is 14.6. The average Bonchev–Trinajstić information content (AvgIpc) is 2.75. The summed E-state index contributed by atoms with van der Waals surface area (Å²) in [6.45, 7) is 2.98. The molecule has 0 spiro atoms. The summed E-state index contributed by atoms with van der Waals surface area (Å²) >= 11 is 12.1. The standard InChI is InChI=1S/C23H23Cl2N3O2/c1-2-4-20(29)26-13-3-14-30-21-15-27-22(16-5-9-18(24)10-6-16)23(28-21)17-7-11-19(25)12-8-17/h5-12,15H,2-4,13-14H2,1H3,(H,26,29). The van der Waals surface area contributed by atoms with Crippen LogP contribution < -0.4 is 10.1 Å². The molecule has 5 nitrogen and oxygen atoms in total. The molecule has 0 aliphatic heterocycles. The highest BCUT2D eigenvalue weighted by molar-refractivity contribution is 6.31. The highest BCUT2D eigenvalue weighted by atomic mass is 35.5. The van der Waals surface area contributed by atoms with Crippen molar-refractivity contribution in [1.82, 2.24) is 15.3 Å². The van der Waals surface area contributed by atoms with E-state index in [1.807, 2.05) is 55.5 Å². The fraction of sp³-hybridized carbons (Fsp3) is 0.261. The van der Waals surface area contributed by atoms with Gasteiger partial charge < -0.3 is 10.1 Å². The average molecular weight is 444 g/mol. The molecule has 0 unspecified atom stereocenters. The number of amides is 1. The molecule has 30 heavy (non-hydrogen) atoms. The Hall–Kier alpha value is -2.63. The van der Waals surface area contributed by atoms with Crippen LogP contribution >= 0.6 is 23.2 Å². The highest BCUT2D eigenvalue weighted by Gasteiger charge is 2.13. The number of ether oxygens (including phenoxy) is 1. The maximum Gasteiger partial charge on any atom is 0.232 e. The van der Waals surface area contributed by atoms with E-state index in [2.05, 4.69) is 15.3 Å². The first kappa shape index (κ1) is 22.1. The van der Waals surface area contributed by atoms with E-state index in [9.17, 15) is 4.79 Å². The van der Waals surface area contributed by atoms with Crippen LogP contribution in [-0.4, -0.2) is 29.0 Å². The van der Waals surface area contributed by atoms with Crippen LogP contribution in [-0.2, 0) is 4.79 Å². The number of nitrogens with one attached hydrogen (secondary N) is 1. The Morgan fingerprint density at radius 3 is 2.17 bits per heavy atom. The molecule has 7 heteroatoms. The zero-order valence-corrected chi connectivity index (χ0v) is 18.2.